The van der Waals surface area contributed by atoms with Crippen LogP contribution in [0.1, 0.15) is 38.8 Å². The molecule has 1 aliphatic rings. The van der Waals surface area contributed by atoms with Crippen molar-refractivity contribution in [2.75, 3.05) is 0 Å². The Bertz CT molecular complexity index is 1320. The summed E-state index contributed by atoms with van der Waals surface area (Å²) in [6, 6.07) is 19.4. The quantitative estimate of drug-likeness (QED) is 0.192. The molecule has 4 rings (SSSR count). The highest BCUT2D eigenvalue weighted by molar-refractivity contribution is 6.22. The van der Waals surface area contributed by atoms with Crippen LogP contribution < -0.4 is 4.74 Å². The number of fused-ring (bicyclic) bond motifs is 1. The smallest absolute Gasteiger partial charge is 0.334 e. The maximum Gasteiger partial charge on any atom is 0.334 e. The van der Waals surface area contributed by atoms with Crippen molar-refractivity contribution in [2.45, 2.75) is 13.0 Å². The van der Waals surface area contributed by atoms with Crippen molar-refractivity contribution in [3.05, 3.63) is 101 Å². The number of rotatable bonds is 5. The van der Waals surface area contributed by atoms with E-state index in [0.717, 1.165) is 4.90 Å². The molecule has 0 aromatic heterocycles. The molecular weight excluding hydrogens is 423 g/mol. The lowest BCUT2D eigenvalue weighted by Gasteiger charge is -2.20. The van der Waals surface area contributed by atoms with E-state index in [1.54, 1.807) is 30.3 Å². The maximum absolute atomic E-state index is 14.1. The monoisotopic (exact) mass is 440 g/mol. The van der Waals surface area contributed by atoms with E-state index in [1.807, 2.05) is 6.07 Å². The molecule has 1 unspecified atom stereocenters. The summed E-state index contributed by atoms with van der Waals surface area (Å²) in [6.07, 6.45) is 1.48. The van der Waals surface area contributed by atoms with Gasteiger partial charge in [0.2, 0.25) is 0 Å². The minimum Gasteiger partial charge on any atom is -0.425 e. The zero-order valence-corrected chi connectivity index (χ0v) is 17.5. The highest BCUT2D eigenvalue weighted by atomic mass is 19.1. The normalized spacial score (nSPS) is 14.0. The second-order valence-corrected chi connectivity index (χ2v) is 7.35. The van der Waals surface area contributed by atoms with Crippen LogP contribution in [-0.4, -0.2) is 28.7 Å². The van der Waals surface area contributed by atoms with Crippen LogP contribution in [0.4, 0.5) is 4.39 Å². The zero-order chi connectivity index (χ0) is 23.5. The second-order valence-electron chi connectivity index (χ2n) is 7.35. The molecule has 3 aromatic rings. The molecule has 0 spiro atoms. The van der Waals surface area contributed by atoms with Crippen LogP contribution in [0.5, 0.6) is 5.75 Å². The van der Waals surface area contributed by atoms with Crippen molar-refractivity contribution < 1.29 is 23.5 Å². The van der Waals surface area contributed by atoms with Gasteiger partial charge in [0.05, 0.1) is 22.8 Å². The summed E-state index contributed by atoms with van der Waals surface area (Å²) in [5.41, 5.74) is 1.25. The highest BCUT2D eigenvalue weighted by Gasteiger charge is 2.41. The zero-order valence-electron chi connectivity index (χ0n) is 17.5. The van der Waals surface area contributed by atoms with Crippen LogP contribution in [-0.2, 0) is 4.79 Å². The van der Waals surface area contributed by atoms with Crippen LogP contribution in [0.2, 0.25) is 0 Å². The van der Waals surface area contributed by atoms with Crippen LogP contribution >= 0.6 is 0 Å². The molecule has 0 radical (unpaired) electrons. The number of hydrogen-bond donors (Lipinski definition) is 0. The molecule has 0 N–H and O–H groups in total. The van der Waals surface area contributed by atoms with Crippen molar-refractivity contribution in [3.8, 4) is 11.8 Å². The molecule has 0 aliphatic carbocycles. The molecule has 3 aromatic carbocycles. The van der Waals surface area contributed by atoms with E-state index in [1.165, 1.54) is 55.5 Å². The number of halogens is 1. The van der Waals surface area contributed by atoms with E-state index in [4.69, 9.17) is 4.74 Å². The van der Waals surface area contributed by atoms with Gasteiger partial charge in [0.1, 0.15) is 17.6 Å². The molecule has 162 valence electrons. The summed E-state index contributed by atoms with van der Waals surface area (Å²) >= 11 is 0. The Morgan fingerprint density at radius 2 is 1.64 bits per heavy atom. The number of ether oxygens (including phenoxy) is 1. The third kappa shape index (κ3) is 4.14. The van der Waals surface area contributed by atoms with Crippen LogP contribution in [0.15, 0.2) is 72.8 Å². The predicted molar refractivity (Wildman–Crippen MR) is 118 cm³/mol. The van der Waals surface area contributed by atoms with Crippen molar-refractivity contribution in [1.82, 2.24) is 4.90 Å². The summed E-state index contributed by atoms with van der Waals surface area (Å²) in [6.45, 7) is 1.42. The number of esters is 1. The minimum atomic E-state index is -1.15. The number of carbonyl (C=O) groups excluding carboxylic acids is 3. The SMILES string of the molecule is CC(C(=O)Oc1cccc(/C=C(/C#N)c2ccccc2F)c1)N1C(=O)c2ccccc2C1=O. The van der Waals surface area contributed by atoms with Crippen molar-refractivity contribution in [2.24, 2.45) is 0 Å². The summed E-state index contributed by atoms with van der Waals surface area (Å²) in [5, 5.41) is 9.46. The lowest BCUT2D eigenvalue weighted by atomic mass is 10.0. The third-order valence-corrected chi connectivity index (χ3v) is 5.23. The Labute approximate surface area is 189 Å². The van der Waals surface area contributed by atoms with Gasteiger partial charge in [-0.1, -0.05) is 42.5 Å². The van der Waals surface area contributed by atoms with Gasteiger partial charge in [0.25, 0.3) is 11.8 Å². The predicted octanol–water partition coefficient (Wildman–Crippen LogP) is 4.48. The summed E-state index contributed by atoms with van der Waals surface area (Å²) in [7, 11) is 0. The highest BCUT2D eigenvalue weighted by Crippen LogP contribution is 2.26. The van der Waals surface area contributed by atoms with Gasteiger partial charge in [-0.15, -0.1) is 0 Å². The van der Waals surface area contributed by atoms with E-state index in [0.29, 0.717) is 5.56 Å². The fourth-order valence-electron chi connectivity index (χ4n) is 3.55. The number of nitriles is 1. The molecule has 1 atom stereocenters. The first kappa shape index (κ1) is 21.7. The summed E-state index contributed by atoms with van der Waals surface area (Å²) < 4.78 is 19.5. The van der Waals surface area contributed by atoms with Gasteiger partial charge < -0.3 is 4.74 Å². The van der Waals surface area contributed by atoms with Gasteiger partial charge in [0.15, 0.2) is 0 Å². The Hall–Kier alpha value is -4.57. The summed E-state index contributed by atoms with van der Waals surface area (Å²) in [5.74, 6) is -2.27. The van der Waals surface area contributed by atoms with E-state index < -0.39 is 29.6 Å². The number of amides is 2. The first-order chi connectivity index (χ1) is 15.9. The molecule has 0 saturated heterocycles. The van der Waals surface area contributed by atoms with Gasteiger partial charge >= 0.3 is 5.97 Å². The van der Waals surface area contributed by atoms with E-state index in [2.05, 4.69) is 0 Å². The average molecular weight is 440 g/mol. The number of imide groups is 1. The number of benzene rings is 3. The number of hydrogen-bond acceptors (Lipinski definition) is 5. The van der Waals surface area contributed by atoms with Gasteiger partial charge in [-0.05, 0) is 48.9 Å². The van der Waals surface area contributed by atoms with Crippen molar-refractivity contribution in [1.29, 1.82) is 5.26 Å². The minimum absolute atomic E-state index is 0.107. The standard InChI is InChI=1S/C26H17FN2O4/c1-16(29-24(30)21-10-2-3-11-22(21)25(29)31)26(32)33-19-8-6-7-17(14-19)13-18(15-28)20-9-4-5-12-23(20)27/h2-14,16H,1H3/b18-13-. The van der Waals surface area contributed by atoms with Crippen molar-refractivity contribution >= 4 is 29.4 Å². The van der Waals surface area contributed by atoms with Crippen LogP contribution in [0, 0.1) is 17.1 Å². The lowest BCUT2D eigenvalue weighted by Crippen LogP contribution is -2.44. The van der Waals surface area contributed by atoms with E-state index >= 15 is 0 Å². The van der Waals surface area contributed by atoms with Gasteiger partial charge in [-0.25, -0.2) is 9.18 Å². The molecule has 33 heavy (non-hydrogen) atoms. The fraction of sp³-hybridized carbons (Fsp3) is 0.0769. The van der Waals surface area contributed by atoms with Crippen LogP contribution in [0.25, 0.3) is 11.6 Å². The first-order valence-electron chi connectivity index (χ1n) is 10.1. The topological polar surface area (TPSA) is 87.5 Å². The molecule has 7 heteroatoms. The molecule has 2 amide bonds. The second kappa shape index (κ2) is 8.89. The van der Waals surface area contributed by atoms with Crippen molar-refractivity contribution in [3.63, 3.8) is 0 Å². The van der Waals surface area contributed by atoms with E-state index in [-0.39, 0.29) is 28.0 Å². The third-order valence-electron chi connectivity index (χ3n) is 5.23. The number of allylic oxidation sites excluding steroid dienone is 1. The molecule has 6 nitrogen and oxygen atoms in total. The average Bonchev–Trinajstić information content (AvgIpc) is 3.08. The Morgan fingerprint density at radius 3 is 2.27 bits per heavy atom. The Kier molecular flexibility index (Phi) is 5.83. The maximum atomic E-state index is 14.1. The largest absolute Gasteiger partial charge is 0.425 e. The Morgan fingerprint density at radius 1 is 1.00 bits per heavy atom. The van der Waals surface area contributed by atoms with Crippen LogP contribution in [0.3, 0.4) is 0 Å². The molecule has 0 fully saturated rings. The first-order valence-corrected chi connectivity index (χ1v) is 10.1. The Balaban J connectivity index is 1.54. The number of carbonyl (C=O) groups is 3. The summed E-state index contributed by atoms with van der Waals surface area (Å²) in [4.78, 5) is 38.8. The molecule has 1 heterocycles. The number of nitrogens with zero attached hydrogens (tertiary/aromatic N) is 2. The van der Waals surface area contributed by atoms with Gasteiger partial charge in [0, 0.05) is 5.56 Å². The molecule has 0 bridgehead atoms. The van der Waals surface area contributed by atoms with E-state index in [9.17, 15) is 24.0 Å². The fourth-order valence-corrected chi connectivity index (χ4v) is 3.55. The molecule has 1 aliphatic heterocycles. The lowest BCUT2D eigenvalue weighted by molar-refractivity contribution is -0.138. The van der Waals surface area contributed by atoms with Gasteiger partial charge in [-0.3, -0.25) is 14.5 Å². The van der Waals surface area contributed by atoms with Gasteiger partial charge in [-0.2, -0.15) is 5.26 Å². The molecule has 0 saturated carbocycles. The molecular formula is C26H17FN2O4.